The predicted octanol–water partition coefficient (Wildman–Crippen LogP) is 13.7. The quantitative estimate of drug-likeness (QED) is 0.0439. The Morgan fingerprint density at radius 2 is 0.863 bits per heavy atom. The summed E-state index contributed by atoms with van der Waals surface area (Å²) in [6.07, 6.45) is 58.6. The highest BCUT2D eigenvalue weighted by Gasteiger charge is 2.19. The summed E-state index contributed by atoms with van der Waals surface area (Å²) < 4.78 is 0. The van der Waals surface area contributed by atoms with Crippen LogP contribution in [0.15, 0.2) is 60.8 Å². The van der Waals surface area contributed by atoms with E-state index < -0.39 is 12.1 Å². The summed E-state index contributed by atoms with van der Waals surface area (Å²) in [5, 5.41) is 23.2. The second-order valence-corrected chi connectivity index (χ2v) is 14.7. The van der Waals surface area contributed by atoms with Crippen LogP contribution in [-0.2, 0) is 4.79 Å². The van der Waals surface area contributed by atoms with E-state index in [4.69, 9.17) is 0 Å². The molecule has 2 atom stereocenters. The summed E-state index contributed by atoms with van der Waals surface area (Å²) in [6, 6.07) is -0.545. The van der Waals surface area contributed by atoms with Crippen molar-refractivity contribution in [2.45, 2.75) is 225 Å². The van der Waals surface area contributed by atoms with Crippen LogP contribution in [0, 0.1) is 0 Å². The molecule has 0 aromatic heterocycles. The highest BCUT2D eigenvalue weighted by molar-refractivity contribution is 5.76. The molecule has 0 aliphatic heterocycles. The van der Waals surface area contributed by atoms with Gasteiger partial charge in [0.15, 0.2) is 0 Å². The van der Waals surface area contributed by atoms with Crippen molar-refractivity contribution in [3.8, 4) is 0 Å². The monoisotopic (exact) mass is 712 g/mol. The zero-order chi connectivity index (χ0) is 37.1. The molecular weight excluding hydrogens is 627 g/mol. The molecule has 0 aliphatic carbocycles. The number of unbranched alkanes of at least 4 members (excludes halogenated alkanes) is 22. The number of amides is 1. The van der Waals surface area contributed by atoms with Gasteiger partial charge in [-0.05, 0) is 57.8 Å². The van der Waals surface area contributed by atoms with E-state index in [0.717, 1.165) is 64.2 Å². The van der Waals surface area contributed by atoms with Crippen LogP contribution in [-0.4, -0.2) is 34.9 Å². The average Bonchev–Trinajstić information content (AvgIpc) is 3.13. The van der Waals surface area contributed by atoms with Gasteiger partial charge in [0.25, 0.3) is 0 Å². The maximum atomic E-state index is 12.4. The number of hydrogen-bond donors (Lipinski definition) is 3. The molecule has 4 heteroatoms. The fourth-order valence-corrected chi connectivity index (χ4v) is 6.45. The van der Waals surface area contributed by atoms with Gasteiger partial charge in [0, 0.05) is 6.42 Å². The molecule has 0 saturated heterocycles. The van der Waals surface area contributed by atoms with Gasteiger partial charge in [-0.25, -0.2) is 0 Å². The smallest absolute Gasteiger partial charge is 0.220 e. The van der Waals surface area contributed by atoms with E-state index in [1.807, 2.05) is 0 Å². The van der Waals surface area contributed by atoms with Crippen molar-refractivity contribution in [2.75, 3.05) is 6.61 Å². The molecule has 296 valence electrons. The molecule has 0 heterocycles. The molecule has 3 N–H and O–H groups in total. The van der Waals surface area contributed by atoms with Crippen LogP contribution >= 0.6 is 0 Å². The molecule has 0 spiro atoms. The molecule has 4 nitrogen and oxygen atoms in total. The molecule has 0 aromatic carbocycles. The number of hydrogen-bond acceptors (Lipinski definition) is 3. The summed E-state index contributed by atoms with van der Waals surface area (Å²) in [6.45, 7) is 4.24. The zero-order valence-electron chi connectivity index (χ0n) is 33.9. The first-order valence-corrected chi connectivity index (χ1v) is 22.0. The number of nitrogens with one attached hydrogen (secondary N) is 1. The van der Waals surface area contributed by atoms with Crippen LogP contribution in [0.1, 0.15) is 213 Å². The number of allylic oxidation sites excluding steroid dienone is 10. The van der Waals surface area contributed by atoms with Gasteiger partial charge < -0.3 is 15.5 Å². The molecule has 0 saturated carbocycles. The van der Waals surface area contributed by atoms with Crippen molar-refractivity contribution in [3.63, 3.8) is 0 Å². The van der Waals surface area contributed by atoms with Gasteiger partial charge in [-0.2, -0.15) is 0 Å². The first-order chi connectivity index (χ1) is 25.2. The van der Waals surface area contributed by atoms with Crippen LogP contribution < -0.4 is 5.32 Å². The highest BCUT2D eigenvalue weighted by atomic mass is 16.3. The summed E-state index contributed by atoms with van der Waals surface area (Å²) in [7, 11) is 0. The molecule has 0 rings (SSSR count). The Labute approximate surface area is 317 Å². The first-order valence-electron chi connectivity index (χ1n) is 22.0. The Morgan fingerprint density at radius 3 is 1.29 bits per heavy atom. The van der Waals surface area contributed by atoms with E-state index >= 15 is 0 Å². The number of aliphatic hydroxyl groups excluding tert-OH is 2. The van der Waals surface area contributed by atoms with E-state index in [0.29, 0.717) is 12.8 Å². The molecule has 51 heavy (non-hydrogen) atoms. The lowest BCUT2D eigenvalue weighted by Crippen LogP contribution is -2.45. The van der Waals surface area contributed by atoms with Crippen LogP contribution in [0.3, 0.4) is 0 Å². The van der Waals surface area contributed by atoms with E-state index in [2.05, 4.69) is 79.9 Å². The summed E-state index contributed by atoms with van der Waals surface area (Å²) in [5.74, 6) is -0.0443. The Morgan fingerprint density at radius 1 is 0.490 bits per heavy atom. The molecule has 0 fully saturated rings. The lowest BCUT2D eigenvalue weighted by molar-refractivity contribution is -0.123. The van der Waals surface area contributed by atoms with Crippen molar-refractivity contribution in [1.29, 1.82) is 0 Å². The first kappa shape index (κ1) is 49.1. The second kappa shape index (κ2) is 42.5. The van der Waals surface area contributed by atoms with Crippen molar-refractivity contribution >= 4 is 5.91 Å². The van der Waals surface area contributed by atoms with Crippen molar-refractivity contribution in [3.05, 3.63) is 60.8 Å². The topological polar surface area (TPSA) is 69.6 Å². The third-order valence-corrected chi connectivity index (χ3v) is 9.79. The van der Waals surface area contributed by atoms with Gasteiger partial charge in [0.05, 0.1) is 18.8 Å². The fraction of sp³-hybridized carbons (Fsp3) is 0.766. The Hall–Kier alpha value is -1.91. The number of carbonyl (C=O) groups is 1. The van der Waals surface area contributed by atoms with Crippen LogP contribution in [0.5, 0.6) is 0 Å². The third-order valence-electron chi connectivity index (χ3n) is 9.79. The van der Waals surface area contributed by atoms with E-state index in [-0.39, 0.29) is 12.5 Å². The Balaban J connectivity index is 3.58. The summed E-state index contributed by atoms with van der Waals surface area (Å²) in [4.78, 5) is 12.4. The maximum Gasteiger partial charge on any atom is 0.220 e. The van der Waals surface area contributed by atoms with Gasteiger partial charge >= 0.3 is 0 Å². The van der Waals surface area contributed by atoms with Gasteiger partial charge in [-0.3, -0.25) is 4.79 Å². The van der Waals surface area contributed by atoms with Gasteiger partial charge in [0.1, 0.15) is 0 Å². The summed E-state index contributed by atoms with van der Waals surface area (Å²) in [5.41, 5.74) is 0. The standard InChI is InChI=1S/C47H85NO3/c1-3-5-7-9-11-13-15-17-19-21-22-23-24-25-26-27-29-31-33-35-37-39-41-43-47(51)48-45(44-49)46(50)42-40-38-36-34-32-30-28-20-18-16-14-12-10-8-6-4-2/h5,7,11,13,17,19,22-23,25-26,45-46,49-50H,3-4,6,8-10,12,14-16,18,20-21,24,27-44H2,1-2H3,(H,48,51)/b7-5-,13-11-,19-17-,23-22-,26-25-. The predicted molar refractivity (Wildman–Crippen MR) is 225 cm³/mol. The summed E-state index contributed by atoms with van der Waals surface area (Å²) >= 11 is 0. The largest absolute Gasteiger partial charge is 0.394 e. The Bertz CT molecular complexity index is 858. The van der Waals surface area contributed by atoms with E-state index in [1.165, 1.54) is 122 Å². The van der Waals surface area contributed by atoms with E-state index in [1.54, 1.807) is 0 Å². The SMILES string of the molecule is CC/C=C\C/C=C\C/C=C\C/C=C\C/C=C\CCCCCCCCCC(=O)NC(CO)C(O)CCCCCCCCCCCCCCCCCC. The molecule has 0 aromatic rings. The normalized spacial score (nSPS) is 13.6. The van der Waals surface area contributed by atoms with Gasteiger partial charge in [-0.15, -0.1) is 0 Å². The number of aliphatic hydroxyl groups is 2. The molecule has 0 radical (unpaired) electrons. The third kappa shape index (κ3) is 39.1. The van der Waals surface area contributed by atoms with Crippen LogP contribution in [0.4, 0.5) is 0 Å². The van der Waals surface area contributed by atoms with Crippen molar-refractivity contribution in [2.24, 2.45) is 0 Å². The Kier molecular flexibility index (Phi) is 40.9. The highest BCUT2D eigenvalue weighted by Crippen LogP contribution is 2.15. The molecular formula is C47H85NO3. The van der Waals surface area contributed by atoms with Crippen molar-refractivity contribution < 1.29 is 15.0 Å². The van der Waals surface area contributed by atoms with Crippen molar-refractivity contribution in [1.82, 2.24) is 5.32 Å². The lowest BCUT2D eigenvalue weighted by atomic mass is 10.0. The molecule has 1 amide bonds. The zero-order valence-corrected chi connectivity index (χ0v) is 33.9. The van der Waals surface area contributed by atoms with E-state index in [9.17, 15) is 15.0 Å². The van der Waals surface area contributed by atoms with Gasteiger partial charge in [0.2, 0.25) is 5.91 Å². The minimum absolute atomic E-state index is 0.0443. The van der Waals surface area contributed by atoms with Gasteiger partial charge in [-0.1, -0.05) is 209 Å². The maximum absolute atomic E-state index is 12.4. The number of carbonyl (C=O) groups excluding carboxylic acids is 1. The minimum atomic E-state index is -0.666. The fourth-order valence-electron chi connectivity index (χ4n) is 6.45. The molecule has 2 unspecified atom stereocenters. The van der Waals surface area contributed by atoms with Crippen LogP contribution in [0.25, 0.3) is 0 Å². The lowest BCUT2D eigenvalue weighted by Gasteiger charge is -2.22. The minimum Gasteiger partial charge on any atom is -0.394 e. The second-order valence-electron chi connectivity index (χ2n) is 14.7. The molecule has 0 aliphatic rings. The average molecular weight is 712 g/mol. The molecule has 0 bridgehead atoms. The van der Waals surface area contributed by atoms with Crippen LogP contribution in [0.2, 0.25) is 0 Å². The number of rotatable bonds is 39.